The third-order valence-electron chi connectivity index (χ3n) is 4.46. The number of hydrogen-bond acceptors (Lipinski definition) is 4. The van der Waals surface area contributed by atoms with Crippen molar-refractivity contribution >= 4 is 21.8 Å². The number of nitrogens with zero attached hydrogens (tertiary/aromatic N) is 2. The zero-order chi connectivity index (χ0) is 20.1. The zero-order valence-corrected chi connectivity index (χ0v) is 17.6. The summed E-state index contributed by atoms with van der Waals surface area (Å²) in [6.07, 6.45) is 3.78. The summed E-state index contributed by atoms with van der Waals surface area (Å²) in [6, 6.07) is 13.1. The van der Waals surface area contributed by atoms with Crippen molar-refractivity contribution in [3.63, 3.8) is 0 Å². The smallest absolute Gasteiger partial charge is 0.225 e. The number of carbonyl (C=O) groups is 1. The lowest BCUT2D eigenvalue weighted by atomic mass is 10.0. The topological polar surface area (TPSA) is 65.4 Å². The van der Waals surface area contributed by atoms with Gasteiger partial charge in [0, 0.05) is 23.9 Å². The summed E-state index contributed by atoms with van der Waals surface area (Å²) in [6.45, 7) is 0. The van der Waals surface area contributed by atoms with Crippen molar-refractivity contribution < 1.29 is 14.3 Å². The molecule has 0 bridgehead atoms. The van der Waals surface area contributed by atoms with E-state index in [1.54, 1.807) is 32.5 Å². The molecule has 7 heteroatoms. The van der Waals surface area contributed by atoms with Crippen molar-refractivity contribution in [2.75, 3.05) is 14.2 Å². The summed E-state index contributed by atoms with van der Waals surface area (Å²) >= 11 is 3.51. The van der Waals surface area contributed by atoms with E-state index in [0.717, 1.165) is 21.4 Å². The molecule has 0 unspecified atom stereocenters. The van der Waals surface area contributed by atoms with E-state index in [4.69, 9.17) is 9.47 Å². The third-order valence-corrected chi connectivity index (χ3v) is 5.20. The van der Waals surface area contributed by atoms with Gasteiger partial charge in [-0.2, -0.15) is 0 Å². The van der Waals surface area contributed by atoms with Gasteiger partial charge in [-0.25, -0.2) is 4.98 Å². The summed E-state index contributed by atoms with van der Waals surface area (Å²) < 4.78 is 13.3. The number of rotatable bonds is 7. The Labute approximate surface area is 172 Å². The van der Waals surface area contributed by atoms with Gasteiger partial charge in [0.2, 0.25) is 5.91 Å². The van der Waals surface area contributed by atoms with Gasteiger partial charge in [-0.1, -0.05) is 46.3 Å². The summed E-state index contributed by atoms with van der Waals surface area (Å²) in [5.41, 5.74) is 1.78. The van der Waals surface area contributed by atoms with Crippen molar-refractivity contribution in [1.82, 2.24) is 14.9 Å². The molecular weight excluding hydrogens is 422 g/mol. The lowest BCUT2D eigenvalue weighted by Crippen LogP contribution is -2.32. The molecule has 146 valence electrons. The van der Waals surface area contributed by atoms with E-state index in [-0.39, 0.29) is 18.4 Å². The Morgan fingerprint density at radius 1 is 1.18 bits per heavy atom. The first-order chi connectivity index (χ1) is 13.5. The Morgan fingerprint density at radius 2 is 1.86 bits per heavy atom. The number of benzene rings is 2. The van der Waals surface area contributed by atoms with E-state index in [1.807, 2.05) is 48.1 Å². The number of imidazole rings is 1. The Balaban J connectivity index is 1.85. The van der Waals surface area contributed by atoms with Crippen LogP contribution in [0.4, 0.5) is 0 Å². The van der Waals surface area contributed by atoms with Gasteiger partial charge in [-0.3, -0.25) is 4.79 Å². The quantitative estimate of drug-likeness (QED) is 0.605. The second-order valence-corrected chi connectivity index (χ2v) is 7.14. The molecule has 0 spiro atoms. The molecule has 1 atom stereocenters. The highest BCUT2D eigenvalue weighted by Gasteiger charge is 2.21. The minimum atomic E-state index is -0.340. The Bertz CT molecular complexity index is 957. The van der Waals surface area contributed by atoms with Crippen LogP contribution in [0.1, 0.15) is 23.0 Å². The average molecular weight is 444 g/mol. The van der Waals surface area contributed by atoms with Gasteiger partial charge >= 0.3 is 0 Å². The molecule has 28 heavy (non-hydrogen) atoms. The Hall–Kier alpha value is -2.80. The van der Waals surface area contributed by atoms with Crippen LogP contribution in [0.5, 0.6) is 11.5 Å². The average Bonchev–Trinajstić information content (AvgIpc) is 3.13. The molecule has 1 N–H and O–H groups in total. The second-order valence-electron chi connectivity index (χ2n) is 6.28. The number of amides is 1. The van der Waals surface area contributed by atoms with Gasteiger partial charge in [-0.15, -0.1) is 0 Å². The first-order valence-electron chi connectivity index (χ1n) is 8.75. The molecular formula is C21H22BrN3O3. The van der Waals surface area contributed by atoms with Crippen LogP contribution in [0.3, 0.4) is 0 Å². The summed E-state index contributed by atoms with van der Waals surface area (Å²) in [5.74, 6) is 1.83. The maximum absolute atomic E-state index is 12.9. The largest absolute Gasteiger partial charge is 0.493 e. The van der Waals surface area contributed by atoms with Crippen molar-refractivity contribution in [1.29, 1.82) is 0 Å². The monoisotopic (exact) mass is 443 g/mol. The molecule has 0 fully saturated rings. The number of halogens is 1. The highest BCUT2D eigenvalue weighted by Crippen LogP contribution is 2.33. The number of ether oxygens (including phenoxy) is 2. The summed E-state index contributed by atoms with van der Waals surface area (Å²) in [7, 11) is 5.06. The SMILES string of the molecule is COc1cc(Br)c(CC(=O)N[C@@H](c2ccccc2)c2nccn2C)cc1OC. The van der Waals surface area contributed by atoms with Crippen LogP contribution in [0, 0.1) is 0 Å². The molecule has 3 rings (SSSR count). The van der Waals surface area contributed by atoms with Crippen LogP contribution < -0.4 is 14.8 Å². The van der Waals surface area contributed by atoms with Gasteiger partial charge in [0.15, 0.2) is 11.5 Å². The number of carbonyl (C=O) groups excluding carboxylic acids is 1. The molecule has 2 aromatic carbocycles. The number of hydrogen-bond donors (Lipinski definition) is 1. The number of nitrogens with one attached hydrogen (secondary N) is 1. The van der Waals surface area contributed by atoms with Gasteiger partial charge in [0.05, 0.1) is 20.6 Å². The van der Waals surface area contributed by atoms with Crippen LogP contribution in [0.2, 0.25) is 0 Å². The number of methoxy groups -OCH3 is 2. The Kier molecular flexibility index (Phi) is 6.36. The maximum atomic E-state index is 12.9. The minimum Gasteiger partial charge on any atom is -0.493 e. The maximum Gasteiger partial charge on any atom is 0.225 e. The molecule has 1 heterocycles. The molecule has 0 radical (unpaired) electrons. The van der Waals surface area contributed by atoms with Crippen molar-refractivity contribution in [2.45, 2.75) is 12.5 Å². The van der Waals surface area contributed by atoms with Crippen molar-refractivity contribution in [3.8, 4) is 11.5 Å². The van der Waals surface area contributed by atoms with Crippen molar-refractivity contribution in [2.24, 2.45) is 7.05 Å². The predicted octanol–water partition coefficient (Wildman–Crippen LogP) is 3.65. The highest BCUT2D eigenvalue weighted by molar-refractivity contribution is 9.10. The molecule has 0 saturated carbocycles. The molecule has 6 nitrogen and oxygen atoms in total. The molecule has 0 aliphatic rings. The first-order valence-corrected chi connectivity index (χ1v) is 9.54. The number of aromatic nitrogens is 2. The fourth-order valence-corrected chi connectivity index (χ4v) is 3.48. The molecule has 1 aromatic heterocycles. The minimum absolute atomic E-state index is 0.121. The van der Waals surface area contributed by atoms with Crippen LogP contribution >= 0.6 is 15.9 Å². The van der Waals surface area contributed by atoms with Crippen LogP contribution in [0.15, 0.2) is 59.3 Å². The fourth-order valence-electron chi connectivity index (χ4n) is 3.01. The van der Waals surface area contributed by atoms with E-state index in [1.165, 1.54) is 0 Å². The van der Waals surface area contributed by atoms with Crippen LogP contribution in [-0.4, -0.2) is 29.7 Å². The summed E-state index contributed by atoms with van der Waals surface area (Å²) in [5, 5.41) is 3.10. The summed E-state index contributed by atoms with van der Waals surface area (Å²) in [4.78, 5) is 17.3. The van der Waals surface area contributed by atoms with E-state index in [0.29, 0.717) is 11.5 Å². The van der Waals surface area contributed by atoms with E-state index >= 15 is 0 Å². The highest BCUT2D eigenvalue weighted by atomic mass is 79.9. The van der Waals surface area contributed by atoms with Crippen molar-refractivity contribution in [3.05, 3.63) is 76.3 Å². The standard InChI is InChI=1S/C21H22BrN3O3/c1-25-10-9-23-21(25)20(14-7-5-4-6-8-14)24-19(26)12-15-11-17(27-2)18(28-3)13-16(15)22/h4-11,13,20H,12H2,1-3H3,(H,24,26)/t20-/m0/s1. The van der Waals surface area contributed by atoms with Gasteiger partial charge in [-0.05, 0) is 23.3 Å². The van der Waals surface area contributed by atoms with E-state index in [2.05, 4.69) is 26.2 Å². The van der Waals surface area contributed by atoms with Gasteiger partial charge in [0.1, 0.15) is 11.9 Å². The van der Waals surface area contributed by atoms with Gasteiger partial charge in [0.25, 0.3) is 0 Å². The van der Waals surface area contributed by atoms with Gasteiger partial charge < -0.3 is 19.4 Å². The molecule has 0 aliphatic heterocycles. The zero-order valence-electron chi connectivity index (χ0n) is 16.0. The van der Waals surface area contributed by atoms with E-state index < -0.39 is 0 Å². The van der Waals surface area contributed by atoms with Crippen LogP contribution in [0.25, 0.3) is 0 Å². The molecule has 3 aromatic rings. The Morgan fingerprint density at radius 3 is 2.46 bits per heavy atom. The normalized spacial score (nSPS) is 11.7. The first kappa shape index (κ1) is 19.9. The second kappa shape index (κ2) is 8.93. The molecule has 0 saturated heterocycles. The lowest BCUT2D eigenvalue weighted by Gasteiger charge is -2.19. The number of aryl methyl sites for hydroxylation is 1. The van der Waals surface area contributed by atoms with E-state index in [9.17, 15) is 4.79 Å². The molecule has 0 aliphatic carbocycles. The van der Waals surface area contributed by atoms with Crippen LogP contribution in [-0.2, 0) is 18.3 Å². The third kappa shape index (κ3) is 4.36. The fraction of sp³-hybridized carbons (Fsp3) is 0.238. The molecule has 1 amide bonds. The lowest BCUT2D eigenvalue weighted by molar-refractivity contribution is -0.121. The predicted molar refractivity (Wildman–Crippen MR) is 111 cm³/mol.